The van der Waals surface area contributed by atoms with Crippen LogP contribution < -0.4 is 5.32 Å². The smallest absolute Gasteiger partial charge is 0.240 e. The van der Waals surface area contributed by atoms with E-state index in [9.17, 15) is 4.79 Å². The van der Waals surface area contributed by atoms with Crippen molar-refractivity contribution in [2.75, 3.05) is 18.8 Å². The van der Waals surface area contributed by atoms with Crippen LogP contribution in [0.25, 0.3) is 0 Å². The van der Waals surface area contributed by atoms with Gasteiger partial charge in [-0.25, -0.2) is 0 Å². The van der Waals surface area contributed by atoms with E-state index in [0.29, 0.717) is 11.9 Å². The third-order valence-corrected chi connectivity index (χ3v) is 4.93. The molecule has 0 aromatic carbocycles. The van der Waals surface area contributed by atoms with Crippen molar-refractivity contribution in [1.29, 1.82) is 0 Å². The second-order valence-corrected chi connectivity index (χ2v) is 5.82. The standard InChI is InChI=1S/C10H16N2OS/c13-10(9-2-1-3-11-9)12-5-8-4-7(12)6-14-8/h7-9,11H,1-6H2/t7?,8?,9-/m1/s1. The first kappa shape index (κ1) is 9.04. The number of amides is 1. The van der Waals surface area contributed by atoms with Gasteiger partial charge in [0.05, 0.1) is 6.04 Å². The largest absolute Gasteiger partial charge is 0.336 e. The van der Waals surface area contributed by atoms with Gasteiger partial charge < -0.3 is 10.2 Å². The first-order valence-electron chi connectivity index (χ1n) is 5.50. The molecule has 3 heterocycles. The predicted molar refractivity (Wildman–Crippen MR) is 57.4 cm³/mol. The molecule has 1 N–H and O–H groups in total. The van der Waals surface area contributed by atoms with Gasteiger partial charge in [0.2, 0.25) is 5.91 Å². The molecule has 0 spiro atoms. The summed E-state index contributed by atoms with van der Waals surface area (Å²) < 4.78 is 0. The molecule has 0 saturated carbocycles. The maximum Gasteiger partial charge on any atom is 0.240 e. The summed E-state index contributed by atoms with van der Waals surface area (Å²) in [7, 11) is 0. The van der Waals surface area contributed by atoms with E-state index in [2.05, 4.69) is 10.2 Å². The molecular formula is C10H16N2OS. The van der Waals surface area contributed by atoms with Crippen molar-refractivity contribution in [2.24, 2.45) is 0 Å². The Morgan fingerprint density at radius 1 is 1.50 bits per heavy atom. The summed E-state index contributed by atoms with van der Waals surface area (Å²) in [4.78, 5) is 14.2. The maximum atomic E-state index is 12.1. The topological polar surface area (TPSA) is 32.3 Å². The summed E-state index contributed by atoms with van der Waals surface area (Å²) in [5.74, 6) is 1.54. The molecule has 2 bridgehead atoms. The fraction of sp³-hybridized carbons (Fsp3) is 0.900. The van der Waals surface area contributed by atoms with Gasteiger partial charge in [0.1, 0.15) is 0 Å². The molecule has 3 fully saturated rings. The number of carbonyl (C=O) groups is 1. The fourth-order valence-electron chi connectivity index (χ4n) is 2.77. The van der Waals surface area contributed by atoms with E-state index >= 15 is 0 Å². The molecule has 0 aromatic heterocycles. The minimum atomic E-state index is 0.138. The zero-order valence-corrected chi connectivity index (χ0v) is 9.05. The lowest BCUT2D eigenvalue weighted by atomic mass is 10.2. The van der Waals surface area contributed by atoms with Crippen molar-refractivity contribution in [3.05, 3.63) is 0 Å². The van der Waals surface area contributed by atoms with Crippen LogP contribution in [0.3, 0.4) is 0 Å². The van der Waals surface area contributed by atoms with Crippen LogP contribution in [0.5, 0.6) is 0 Å². The van der Waals surface area contributed by atoms with Crippen molar-refractivity contribution in [2.45, 2.75) is 36.6 Å². The van der Waals surface area contributed by atoms with Gasteiger partial charge in [-0.15, -0.1) is 0 Å². The lowest BCUT2D eigenvalue weighted by Crippen LogP contribution is -2.47. The van der Waals surface area contributed by atoms with E-state index in [-0.39, 0.29) is 6.04 Å². The molecule has 14 heavy (non-hydrogen) atoms. The average Bonchev–Trinajstić information content (AvgIpc) is 2.93. The molecule has 78 valence electrons. The van der Waals surface area contributed by atoms with E-state index in [1.54, 1.807) is 0 Å². The Morgan fingerprint density at radius 3 is 3.00 bits per heavy atom. The molecule has 1 amide bonds. The van der Waals surface area contributed by atoms with Gasteiger partial charge in [0.15, 0.2) is 0 Å². The normalized spacial score (nSPS) is 40.9. The van der Waals surface area contributed by atoms with E-state index in [0.717, 1.165) is 31.2 Å². The van der Waals surface area contributed by atoms with Crippen LogP contribution in [0.4, 0.5) is 0 Å². The molecular weight excluding hydrogens is 196 g/mol. The minimum Gasteiger partial charge on any atom is -0.336 e. The molecule has 3 saturated heterocycles. The number of likely N-dealkylation sites (tertiary alicyclic amines) is 1. The van der Waals surface area contributed by atoms with Gasteiger partial charge >= 0.3 is 0 Å². The summed E-state index contributed by atoms with van der Waals surface area (Å²) >= 11 is 2.04. The first-order chi connectivity index (χ1) is 6.84. The van der Waals surface area contributed by atoms with Crippen LogP contribution in [-0.4, -0.2) is 47.0 Å². The van der Waals surface area contributed by atoms with Crippen LogP contribution in [0.1, 0.15) is 19.3 Å². The molecule has 3 nitrogen and oxygen atoms in total. The zero-order chi connectivity index (χ0) is 9.54. The molecule has 3 atom stereocenters. The Kier molecular flexibility index (Phi) is 2.21. The molecule has 3 aliphatic rings. The summed E-state index contributed by atoms with van der Waals surface area (Å²) in [5.41, 5.74) is 0. The SMILES string of the molecule is O=C([C@H]1CCCN1)N1CC2CC1CS2. The van der Waals surface area contributed by atoms with Crippen LogP contribution in [0.15, 0.2) is 0 Å². The lowest BCUT2D eigenvalue weighted by molar-refractivity contribution is -0.133. The Labute approximate surface area is 88.6 Å². The van der Waals surface area contributed by atoms with Crippen LogP contribution in [0, 0.1) is 0 Å². The minimum absolute atomic E-state index is 0.138. The number of rotatable bonds is 1. The number of hydrogen-bond acceptors (Lipinski definition) is 3. The quantitative estimate of drug-likeness (QED) is 0.685. The molecule has 0 aliphatic carbocycles. The number of thioether (sulfide) groups is 1. The monoisotopic (exact) mass is 212 g/mol. The molecule has 2 unspecified atom stereocenters. The summed E-state index contributed by atoms with van der Waals surface area (Å²) in [6.45, 7) is 2.03. The van der Waals surface area contributed by atoms with Crippen LogP contribution >= 0.6 is 11.8 Å². The molecule has 3 rings (SSSR count). The highest BCUT2D eigenvalue weighted by molar-refractivity contribution is 8.00. The van der Waals surface area contributed by atoms with Gasteiger partial charge in [0, 0.05) is 23.6 Å². The van der Waals surface area contributed by atoms with Gasteiger partial charge in [-0.1, -0.05) is 0 Å². The maximum absolute atomic E-state index is 12.1. The molecule has 0 aromatic rings. The number of nitrogens with zero attached hydrogens (tertiary/aromatic N) is 1. The Hall–Kier alpha value is -0.220. The second-order valence-electron chi connectivity index (χ2n) is 4.48. The number of fused-ring (bicyclic) bond motifs is 2. The Morgan fingerprint density at radius 2 is 2.43 bits per heavy atom. The van der Waals surface area contributed by atoms with Crippen molar-refractivity contribution in [3.8, 4) is 0 Å². The highest BCUT2D eigenvalue weighted by atomic mass is 32.2. The first-order valence-corrected chi connectivity index (χ1v) is 6.55. The number of carbonyl (C=O) groups excluding carboxylic acids is 1. The van der Waals surface area contributed by atoms with Crippen molar-refractivity contribution in [3.63, 3.8) is 0 Å². The second kappa shape index (κ2) is 3.42. The third kappa shape index (κ3) is 1.36. The number of nitrogens with one attached hydrogen (secondary N) is 1. The summed E-state index contributed by atoms with van der Waals surface area (Å²) in [6, 6.07) is 0.694. The van der Waals surface area contributed by atoms with Crippen LogP contribution in [0.2, 0.25) is 0 Å². The lowest BCUT2D eigenvalue weighted by Gasteiger charge is -2.29. The molecule has 0 radical (unpaired) electrons. The van der Waals surface area contributed by atoms with Gasteiger partial charge in [0.25, 0.3) is 0 Å². The van der Waals surface area contributed by atoms with Crippen molar-refractivity contribution >= 4 is 17.7 Å². The van der Waals surface area contributed by atoms with Crippen LogP contribution in [-0.2, 0) is 4.79 Å². The Balaban J connectivity index is 1.67. The van der Waals surface area contributed by atoms with E-state index in [1.807, 2.05) is 11.8 Å². The summed E-state index contributed by atoms with van der Waals surface area (Å²) in [5, 5.41) is 4.04. The highest BCUT2D eigenvalue weighted by Crippen LogP contribution is 2.37. The van der Waals surface area contributed by atoms with Gasteiger partial charge in [-0.05, 0) is 25.8 Å². The third-order valence-electron chi connectivity index (χ3n) is 3.54. The van der Waals surface area contributed by atoms with Gasteiger partial charge in [-0.3, -0.25) is 4.79 Å². The summed E-state index contributed by atoms with van der Waals surface area (Å²) in [6.07, 6.45) is 3.44. The van der Waals surface area contributed by atoms with Gasteiger partial charge in [-0.2, -0.15) is 11.8 Å². The van der Waals surface area contributed by atoms with E-state index in [4.69, 9.17) is 0 Å². The molecule has 4 heteroatoms. The van der Waals surface area contributed by atoms with E-state index < -0.39 is 0 Å². The predicted octanol–water partition coefficient (Wildman–Crippen LogP) is 0.455. The number of hydrogen-bond donors (Lipinski definition) is 1. The van der Waals surface area contributed by atoms with Crippen molar-refractivity contribution in [1.82, 2.24) is 10.2 Å². The molecule has 3 aliphatic heterocycles. The van der Waals surface area contributed by atoms with Crippen molar-refractivity contribution < 1.29 is 4.79 Å². The average molecular weight is 212 g/mol. The highest BCUT2D eigenvalue weighted by Gasteiger charge is 2.42. The fourth-order valence-corrected chi connectivity index (χ4v) is 4.20. The Bertz CT molecular complexity index is 253. The zero-order valence-electron chi connectivity index (χ0n) is 8.24. The van der Waals surface area contributed by atoms with E-state index in [1.165, 1.54) is 12.2 Å².